The third kappa shape index (κ3) is 2.76. The molecule has 0 bridgehead atoms. The van der Waals surface area contributed by atoms with Crippen molar-refractivity contribution in [1.82, 2.24) is 4.90 Å². The van der Waals surface area contributed by atoms with Gasteiger partial charge in [-0.3, -0.25) is 9.69 Å². The number of thiocarbonyl (C=S) groups is 1. The Morgan fingerprint density at radius 2 is 2.12 bits per heavy atom. The molecule has 0 spiro atoms. The van der Waals surface area contributed by atoms with Crippen LogP contribution in [0.5, 0.6) is 5.75 Å². The molecular weight excluding hydrogens is 340 g/mol. The van der Waals surface area contributed by atoms with Gasteiger partial charge in [-0.05, 0) is 30.7 Å². The summed E-state index contributed by atoms with van der Waals surface area (Å²) < 4.78 is 5.95. The molecule has 1 fully saturated rings. The highest BCUT2D eigenvalue weighted by molar-refractivity contribution is 8.26. The highest BCUT2D eigenvalue weighted by Gasteiger charge is 2.35. The lowest BCUT2D eigenvalue weighted by Gasteiger charge is -2.30. The summed E-state index contributed by atoms with van der Waals surface area (Å²) in [7, 11) is 1.64. The summed E-state index contributed by atoms with van der Waals surface area (Å²) in [6.45, 7) is 6.95. The first-order valence-corrected chi connectivity index (χ1v) is 8.85. The number of anilines is 1. The van der Waals surface area contributed by atoms with Crippen molar-refractivity contribution in [3.05, 3.63) is 53.1 Å². The minimum atomic E-state index is -0.0347. The molecule has 1 saturated heterocycles. The topological polar surface area (TPSA) is 32.8 Å². The van der Waals surface area contributed by atoms with E-state index in [1.807, 2.05) is 43.4 Å². The van der Waals surface area contributed by atoms with Gasteiger partial charge in [-0.25, -0.2) is 0 Å². The van der Waals surface area contributed by atoms with Crippen LogP contribution in [0.15, 0.2) is 47.5 Å². The number of likely N-dealkylation sites (N-methyl/N-ethyl adjacent to an activating group) is 1. The Kier molecular flexibility index (Phi) is 4.78. The van der Waals surface area contributed by atoms with Crippen LogP contribution in [0.25, 0.3) is 6.08 Å². The normalized spacial score (nSPS) is 19.8. The van der Waals surface area contributed by atoms with E-state index in [9.17, 15) is 4.79 Å². The van der Waals surface area contributed by atoms with Crippen molar-refractivity contribution < 1.29 is 9.53 Å². The molecule has 0 aromatic heterocycles. The van der Waals surface area contributed by atoms with Gasteiger partial charge in [0.25, 0.3) is 5.91 Å². The third-order valence-electron chi connectivity index (χ3n) is 3.95. The second-order valence-corrected chi connectivity index (χ2v) is 6.93. The molecule has 4 nitrogen and oxygen atoms in total. The average Bonchev–Trinajstić information content (AvgIpc) is 2.88. The van der Waals surface area contributed by atoms with Gasteiger partial charge < -0.3 is 9.64 Å². The first-order chi connectivity index (χ1) is 11.6. The zero-order valence-electron chi connectivity index (χ0n) is 13.6. The largest absolute Gasteiger partial charge is 0.497 e. The number of fused-ring (bicyclic) bond motifs is 1. The van der Waals surface area contributed by atoms with Crippen LogP contribution in [0, 0.1) is 0 Å². The summed E-state index contributed by atoms with van der Waals surface area (Å²) in [5.41, 5.74) is 2.92. The number of hydrogen-bond donors (Lipinski definition) is 0. The Morgan fingerprint density at radius 1 is 1.33 bits per heavy atom. The molecule has 0 saturated carbocycles. The number of nitrogens with zero attached hydrogens (tertiary/aromatic N) is 2. The van der Waals surface area contributed by atoms with Crippen molar-refractivity contribution in [2.75, 3.05) is 25.1 Å². The number of allylic oxidation sites excluding steroid dienone is 1. The second kappa shape index (κ2) is 6.83. The number of rotatable bonds is 4. The molecule has 1 aromatic rings. The highest BCUT2D eigenvalue weighted by atomic mass is 32.2. The van der Waals surface area contributed by atoms with Gasteiger partial charge in [-0.15, -0.1) is 6.58 Å². The zero-order chi connectivity index (χ0) is 17.3. The molecular formula is C18H18N2O2S2. The van der Waals surface area contributed by atoms with E-state index in [1.165, 1.54) is 11.8 Å². The Balaban J connectivity index is 2.12. The summed E-state index contributed by atoms with van der Waals surface area (Å²) in [5, 5.41) is 0. The summed E-state index contributed by atoms with van der Waals surface area (Å²) >= 11 is 6.69. The van der Waals surface area contributed by atoms with E-state index in [1.54, 1.807) is 12.0 Å². The zero-order valence-corrected chi connectivity index (χ0v) is 15.2. The number of hydrogen-bond acceptors (Lipinski definition) is 5. The van der Waals surface area contributed by atoms with Gasteiger partial charge in [-0.2, -0.15) is 0 Å². The summed E-state index contributed by atoms with van der Waals surface area (Å²) in [6.07, 6.45) is 5.81. The van der Waals surface area contributed by atoms with Crippen LogP contribution >= 0.6 is 24.0 Å². The van der Waals surface area contributed by atoms with Crippen LogP contribution < -0.4 is 9.64 Å². The fraction of sp³-hybridized carbons (Fsp3) is 0.222. The molecule has 0 unspecified atom stereocenters. The molecule has 2 aliphatic heterocycles. The van der Waals surface area contributed by atoms with E-state index in [4.69, 9.17) is 17.0 Å². The third-order valence-corrected chi connectivity index (χ3v) is 5.40. The molecule has 0 atom stereocenters. The molecule has 24 heavy (non-hydrogen) atoms. The van der Waals surface area contributed by atoms with Crippen molar-refractivity contribution >= 4 is 46.0 Å². The van der Waals surface area contributed by atoms with Crippen molar-refractivity contribution in [3.8, 4) is 5.75 Å². The Morgan fingerprint density at radius 3 is 2.75 bits per heavy atom. The highest BCUT2D eigenvalue weighted by Crippen LogP contribution is 2.40. The number of methoxy groups -OCH3 is 1. The SMILES string of the molecule is C=CCN1C(=C2SC(=S)N(CC)C2=O)C=Cc2ccc(OC)cc21. The van der Waals surface area contributed by atoms with Crippen LogP contribution in [0.1, 0.15) is 12.5 Å². The van der Waals surface area contributed by atoms with Crippen LogP contribution in [-0.4, -0.2) is 35.3 Å². The molecule has 1 amide bonds. The maximum atomic E-state index is 12.7. The van der Waals surface area contributed by atoms with E-state index in [0.29, 0.717) is 22.3 Å². The molecule has 0 aliphatic carbocycles. The molecule has 0 N–H and O–H groups in total. The first-order valence-electron chi connectivity index (χ1n) is 7.63. The number of ether oxygens (including phenoxy) is 1. The number of benzene rings is 1. The van der Waals surface area contributed by atoms with E-state index >= 15 is 0 Å². The molecule has 3 rings (SSSR count). The molecule has 6 heteroatoms. The number of amides is 1. The molecule has 2 heterocycles. The van der Waals surface area contributed by atoms with Crippen molar-refractivity contribution in [3.63, 3.8) is 0 Å². The fourth-order valence-electron chi connectivity index (χ4n) is 2.76. The second-order valence-electron chi connectivity index (χ2n) is 5.29. The first kappa shape index (κ1) is 16.8. The van der Waals surface area contributed by atoms with Gasteiger partial charge in [0, 0.05) is 19.2 Å². The minimum Gasteiger partial charge on any atom is -0.497 e. The molecule has 124 valence electrons. The number of carbonyl (C=O) groups is 1. The lowest BCUT2D eigenvalue weighted by Crippen LogP contribution is -2.30. The number of thioether (sulfide) groups is 1. The summed E-state index contributed by atoms with van der Waals surface area (Å²) in [5.74, 6) is 0.742. The predicted molar refractivity (Wildman–Crippen MR) is 104 cm³/mol. The smallest absolute Gasteiger partial charge is 0.268 e. The standard InChI is InChI=1S/C18H18N2O2S2/c1-4-10-20-14(16-17(21)19(5-2)18(23)24-16)9-7-12-6-8-13(22-3)11-15(12)20/h4,6-9,11H,1,5,10H2,2-3H3. The Bertz CT molecular complexity index is 783. The lowest BCUT2D eigenvalue weighted by atomic mass is 10.0. The van der Waals surface area contributed by atoms with Crippen molar-refractivity contribution in [2.45, 2.75) is 6.92 Å². The van der Waals surface area contributed by atoms with E-state index < -0.39 is 0 Å². The summed E-state index contributed by atoms with van der Waals surface area (Å²) in [6, 6.07) is 5.91. The Hall–Kier alpha value is -2.05. The van der Waals surface area contributed by atoms with Gasteiger partial charge in [0.15, 0.2) is 0 Å². The lowest BCUT2D eigenvalue weighted by molar-refractivity contribution is -0.122. The average molecular weight is 358 g/mol. The predicted octanol–water partition coefficient (Wildman–Crippen LogP) is 3.81. The van der Waals surface area contributed by atoms with Gasteiger partial charge in [0.1, 0.15) is 15.0 Å². The van der Waals surface area contributed by atoms with Crippen molar-refractivity contribution in [2.24, 2.45) is 0 Å². The van der Waals surface area contributed by atoms with Gasteiger partial charge in [-0.1, -0.05) is 36.1 Å². The molecule has 0 radical (unpaired) electrons. The van der Waals surface area contributed by atoms with E-state index in [2.05, 4.69) is 11.5 Å². The van der Waals surface area contributed by atoms with Crippen LogP contribution in [0.4, 0.5) is 5.69 Å². The minimum absolute atomic E-state index is 0.0347. The van der Waals surface area contributed by atoms with Crippen LogP contribution in [-0.2, 0) is 4.79 Å². The van der Waals surface area contributed by atoms with Crippen molar-refractivity contribution in [1.29, 1.82) is 0 Å². The van der Waals surface area contributed by atoms with Crippen LogP contribution in [0.2, 0.25) is 0 Å². The van der Waals surface area contributed by atoms with E-state index in [0.717, 1.165) is 22.7 Å². The quantitative estimate of drug-likeness (QED) is 0.464. The number of carbonyl (C=O) groups excluding carboxylic acids is 1. The maximum absolute atomic E-state index is 12.7. The summed E-state index contributed by atoms with van der Waals surface area (Å²) in [4.78, 5) is 17.0. The Labute approximate surface area is 151 Å². The van der Waals surface area contributed by atoms with Gasteiger partial charge in [0.2, 0.25) is 0 Å². The molecule has 1 aromatic carbocycles. The van der Waals surface area contributed by atoms with Crippen LogP contribution in [0.3, 0.4) is 0 Å². The van der Waals surface area contributed by atoms with E-state index in [-0.39, 0.29) is 5.91 Å². The monoisotopic (exact) mass is 358 g/mol. The maximum Gasteiger partial charge on any atom is 0.268 e. The van der Waals surface area contributed by atoms with Gasteiger partial charge in [0.05, 0.1) is 18.5 Å². The van der Waals surface area contributed by atoms with Gasteiger partial charge >= 0.3 is 0 Å². The molecule has 2 aliphatic rings. The fourth-order valence-corrected chi connectivity index (χ4v) is 4.20.